The molecule has 198 valence electrons. The van der Waals surface area contributed by atoms with E-state index in [4.69, 9.17) is 18.9 Å². The quantitative estimate of drug-likeness (QED) is 0.216. The summed E-state index contributed by atoms with van der Waals surface area (Å²) in [4.78, 5) is 24.9. The zero-order chi connectivity index (χ0) is 27.2. The number of nitrogens with zero attached hydrogens (tertiary/aromatic N) is 1. The highest BCUT2D eigenvalue weighted by Crippen LogP contribution is 2.74. The third-order valence-electron chi connectivity index (χ3n) is 7.35. The van der Waals surface area contributed by atoms with Gasteiger partial charge < -0.3 is 24.1 Å². The van der Waals surface area contributed by atoms with Gasteiger partial charge in [0.05, 0.1) is 18.6 Å². The lowest BCUT2D eigenvalue weighted by molar-refractivity contribution is -0.172. The lowest BCUT2D eigenvalue weighted by Gasteiger charge is -2.22. The number of nitriles is 1. The van der Waals surface area contributed by atoms with Crippen LogP contribution in [0, 0.1) is 39.9 Å². The molecule has 1 saturated heterocycles. The van der Waals surface area contributed by atoms with E-state index in [1.165, 1.54) is 0 Å². The molecule has 38 heavy (non-hydrogen) atoms. The van der Waals surface area contributed by atoms with Gasteiger partial charge in [0.15, 0.2) is 6.29 Å². The number of rotatable bonds is 9. The van der Waals surface area contributed by atoms with Crippen molar-refractivity contribution in [2.24, 2.45) is 16.7 Å². The molecule has 2 unspecified atom stereocenters. The standard InChI is InChI=1S/C30H31NO7/c1-29(2)25(14-15-26(32)35-17-18-37-27-13-6-7-16-36-27)30(29,28(33)34)24(20-31)21-9-8-12-23(19-21)38-22-10-4-3-5-11-22/h3-5,8-12,19,24-25,27H,6-7,13,16-18H2,1-2H3,(H,33,34)/t24?,25-,27?,30+/m0/s1. The number of carboxylic acid groups (broad SMARTS) is 1. The van der Waals surface area contributed by atoms with Gasteiger partial charge in [0.1, 0.15) is 23.5 Å². The first-order valence-corrected chi connectivity index (χ1v) is 12.7. The minimum Gasteiger partial charge on any atom is -0.481 e. The number of carboxylic acids is 1. The maximum atomic E-state index is 12.7. The van der Waals surface area contributed by atoms with Crippen molar-refractivity contribution < 1.29 is 33.6 Å². The van der Waals surface area contributed by atoms with Crippen molar-refractivity contribution >= 4 is 11.9 Å². The number of hydrogen-bond acceptors (Lipinski definition) is 7. The Morgan fingerprint density at radius 3 is 2.55 bits per heavy atom. The van der Waals surface area contributed by atoms with E-state index < -0.39 is 34.6 Å². The Bertz CT molecular complexity index is 1250. The molecule has 2 aromatic carbocycles. The minimum atomic E-state index is -1.51. The predicted molar refractivity (Wildman–Crippen MR) is 137 cm³/mol. The van der Waals surface area contributed by atoms with Crippen LogP contribution in [-0.4, -0.2) is 43.2 Å². The first-order valence-electron chi connectivity index (χ1n) is 12.7. The highest BCUT2D eigenvalue weighted by atomic mass is 16.7. The largest absolute Gasteiger partial charge is 0.481 e. The zero-order valence-corrected chi connectivity index (χ0v) is 21.5. The second kappa shape index (κ2) is 11.7. The van der Waals surface area contributed by atoms with Crippen LogP contribution in [-0.2, 0) is 23.8 Å². The highest BCUT2D eigenvalue weighted by Gasteiger charge is 2.79. The fraction of sp³-hybridized carbons (Fsp3) is 0.433. The van der Waals surface area contributed by atoms with Crippen molar-refractivity contribution in [2.45, 2.75) is 45.3 Å². The van der Waals surface area contributed by atoms with Gasteiger partial charge in [-0.15, -0.1) is 0 Å². The number of hydrogen-bond donors (Lipinski definition) is 1. The summed E-state index contributed by atoms with van der Waals surface area (Å²) in [6.07, 6.45) is 2.58. The van der Waals surface area contributed by atoms with Crippen LogP contribution < -0.4 is 4.74 Å². The van der Waals surface area contributed by atoms with Gasteiger partial charge in [0.2, 0.25) is 0 Å². The van der Waals surface area contributed by atoms with E-state index in [0.29, 0.717) is 23.7 Å². The average Bonchev–Trinajstić information content (AvgIpc) is 3.42. The maximum Gasteiger partial charge on any atom is 0.384 e. The summed E-state index contributed by atoms with van der Waals surface area (Å²) in [6, 6.07) is 18.2. The number of ether oxygens (including phenoxy) is 4. The molecular formula is C30H31NO7. The molecule has 0 spiro atoms. The van der Waals surface area contributed by atoms with Gasteiger partial charge in [0.25, 0.3) is 0 Å². The number of carbonyl (C=O) groups is 2. The fourth-order valence-electron chi connectivity index (χ4n) is 5.30. The molecule has 8 nitrogen and oxygen atoms in total. The van der Waals surface area contributed by atoms with E-state index in [-0.39, 0.29) is 19.5 Å². The van der Waals surface area contributed by atoms with Crippen LogP contribution in [0.4, 0.5) is 0 Å². The van der Waals surface area contributed by atoms with Gasteiger partial charge in [-0.2, -0.15) is 5.26 Å². The Kier molecular flexibility index (Phi) is 8.36. The van der Waals surface area contributed by atoms with Gasteiger partial charge >= 0.3 is 11.9 Å². The molecule has 0 radical (unpaired) electrons. The van der Waals surface area contributed by atoms with Crippen molar-refractivity contribution in [3.8, 4) is 29.4 Å². The Balaban J connectivity index is 1.46. The van der Waals surface area contributed by atoms with Crippen LogP contribution in [0.3, 0.4) is 0 Å². The molecule has 0 aromatic heterocycles. The van der Waals surface area contributed by atoms with Crippen molar-refractivity contribution in [3.63, 3.8) is 0 Å². The van der Waals surface area contributed by atoms with Gasteiger partial charge in [-0.25, -0.2) is 4.79 Å². The molecule has 2 fully saturated rings. The summed E-state index contributed by atoms with van der Waals surface area (Å²) in [5.74, 6) is 2.66. The normalized spacial score (nSPS) is 24.1. The van der Waals surface area contributed by atoms with E-state index in [2.05, 4.69) is 17.9 Å². The molecule has 2 aliphatic rings. The predicted octanol–water partition coefficient (Wildman–Crippen LogP) is 4.90. The van der Waals surface area contributed by atoms with Gasteiger partial charge in [0, 0.05) is 18.4 Å². The molecule has 1 N–H and O–H groups in total. The molecule has 0 bridgehead atoms. The molecule has 1 saturated carbocycles. The second-order valence-electron chi connectivity index (χ2n) is 9.95. The SMILES string of the molecule is CC1(C)[C@H](C#CC(=O)OCCOC2CCCCO2)[C@@]1(C(=O)O)C(C#N)c1cccc(Oc2ccccc2)c1. The summed E-state index contributed by atoms with van der Waals surface area (Å²) < 4.78 is 22.0. The zero-order valence-electron chi connectivity index (χ0n) is 21.5. The fourth-order valence-corrected chi connectivity index (χ4v) is 5.30. The van der Waals surface area contributed by atoms with Gasteiger partial charge in [-0.3, -0.25) is 4.79 Å². The van der Waals surface area contributed by atoms with Crippen molar-refractivity contribution in [2.75, 3.05) is 19.8 Å². The molecular weight excluding hydrogens is 486 g/mol. The number of aliphatic carboxylic acids is 1. The van der Waals surface area contributed by atoms with Gasteiger partial charge in [-0.1, -0.05) is 50.1 Å². The number of carbonyl (C=O) groups excluding carboxylic acids is 1. The Labute approximate surface area is 222 Å². The Morgan fingerprint density at radius 2 is 1.87 bits per heavy atom. The minimum absolute atomic E-state index is 0.0144. The van der Waals surface area contributed by atoms with E-state index in [0.717, 1.165) is 19.3 Å². The number of benzene rings is 2. The summed E-state index contributed by atoms with van der Waals surface area (Å²) in [5, 5.41) is 20.5. The molecule has 8 heteroatoms. The van der Waals surface area contributed by atoms with Crippen LogP contribution in [0.25, 0.3) is 0 Å². The highest BCUT2D eigenvalue weighted by molar-refractivity contribution is 5.90. The monoisotopic (exact) mass is 517 g/mol. The third kappa shape index (κ3) is 5.52. The molecule has 1 heterocycles. The molecule has 4 rings (SSSR count). The summed E-state index contributed by atoms with van der Waals surface area (Å²) >= 11 is 0. The topological polar surface area (TPSA) is 115 Å². The summed E-state index contributed by atoms with van der Waals surface area (Å²) in [6.45, 7) is 4.36. The first kappa shape index (κ1) is 27.2. The number of para-hydroxylation sites is 1. The Hall–Kier alpha value is -3.85. The van der Waals surface area contributed by atoms with Gasteiger partial charge in [-0.05, 0) is 54.5 Å². The van der Waals surface area contributed by atoms with Crippen molar-refractivity contribution in [1.82, 2.24) is 0 Å². The number of esters is 1. The summed E-state index contributed by atoms with van der Waals surface area (Å²) in [5.41, 5.74) is -1.88. The molecule has 4 atom stereocenters. The van der Waals surface area contributed by atoms with Crippen molar-refractivity contribution in [1.29, 1.82) is 5.26 Å². The lowest BCUT2D eigenvalue weighted by atomic mass is 9.78. The van der Waals surface area contributed by atoms with Crippen molar-refractivity contribution in [3.05, 3.63) is 60.2 Å². The van der Waals surface area contributed by atoms with E-state index in [9.17, 15) is 20.0 Å². The molecule has 0 amide bonds. The van der Waals surface area contributed by atoms with Crippen LogP contribution in [0.15, 0.2) is 54.6 Å². The smallest absolute Gasteiger partial charge is 0.384 e. The molecule has 1 aliphatic carbocycles. The average molecular weight is 518 g/mol. The lowest BCUT2D eigenvalue weighted by Crippen LogP contribution is -2.28. The summed E-state index contributed by atoms with van der Waals surface area (Å²) in [7, 11) is 0. The van der Waals surface area contributed by atoms with E-state index in [1.54, 1.807) is 50.2 Å². The third-order valence-corrected chi connectivity index (χ3v) is 7.35. The van der Waals surface area contributed by atoms with E-state index in [1.807, 2.05) is 18.2 Å². The van der Waals surface area contributed by atoms with Crippen LogP contribution in [0.2, 0.25) is 0 Å². The van der Waals surface area contributed by atoms with Crippen LogP contribution in [0.5, 0.6) is 11.5 Å². The maximum absolute atomic E-state index is 12.7. The van der Waals surface area contributed by atoms with Crippen LogP contribution >= 0.6 is 0 Å². The molecule has 1 aliphatic heterocycles. The van der Waals surface area contributed by atoms with Crippen LogP contribution in [0.1, 0.15) is 44.6 Å². The molecule has 2 aromatic rings. The second-order valence-corrected chi connectivity index (χ2v) is 9.95. The first-order chi connectivity index (χ1) is 18.3. The Morgan fingerprint density at radius 1 is 1.11 bits per heavy atom. The van der Waals surface area contributed by atoms with E-state index >= 15 is 0 Å².